The van der Waals surface area contributed by atoms with E-state index in [1.54, 1.807) is 24.3 Å². The molecule has 37 heavy (non-hydrogen) atoms. The molecule has 0 aliphatic heterocycles. The van der Waals surface area contributed by atoms with Gasteiger partial charge in [-0.3, -0.25) is 14.4 Å². The molecule has 3 rings (SSSR count). The van der Waals surface area contributed by atoms with Crippen LogP contribution in [0.5, 0.6) is 0 Å². The lowest BCUT2D eigenvalue weighted by molar-refractivity contribution is -0.176. The topological polar surface area (TPSA) is 71.4 Å². The molecule has 0 aromatic heterocycles. The van der Waals surface area contributed by atoms with E-state index in [9.17, 15) is 19.5 Å². The Balaban J connectivity index is 2.43. The summed E-state index contributed by atoms with van der Waals surface area (Å²) in [6.07, 6.45) is 7.49. The second-order valence-corrected chi connectivity index (χ2v) is 12.2. The molecule has 1 aromatic carbocycles. The highest BCUT2D eigenvalue weighted by molar-refractivity contribution is 6.41. The van der Waals surface area contributed by atoms with Crippen molar-refractivity contribution in [3.05, 3.63) is 76.4 Å². The zero-order valence-electron chi connectivity index (χ0n) is 23.7. The molecule has 2 aliphatic carbocycles. The average molecular weight is 503 g/mol. The van der Waals surface area contributed by atoms with Crippen molar-refractivity contribution in [2.45, 2.75) is 81.1 Å². The van der Waals surface area contributed by atoms with Gasteiger partial charge in [0, 0.05) is 5.56 Å². The summed E-state index contributed by atoms with van der Waals surface area (Å²) >= 11 is 0. The number of hydrogen-bond donors (Lipinski definition) is 1. The number of fused-ring (bicyclic) bond motifs is 2. The molecule has 0 amide bonds. The minimum atomic E-state index is -1.45. The van der Waals surface area contributed by atoms with Gasteiger partial charge >= 0.3 is 0 Å². The molecule has 2 aliphatic rings. The number of aliphatic hydroxyl groups is 1. The molecule has 198 valence electrons. The third-order valence-corrected chi connectivity index (χ3v) is 8.58. The molecular weight excluding hydrogens is 460 g/mol. The van der Waals surface area contributed by atoms with Crippen molar-refractivity contribution in [1.82, 2.24) is 0 Å². The molecule has 4 nitrogen and oxygen atoms in total. The maximum absolute atomic E-state index is 14.7. The van der Waals surface area contributed by atoms with Crippen LogP contribution in [0, 0.1) is 22.2 Å². The largest absolute Gasteiger partial charge is 0.506 e. The van der Waals surface area contributed by atoms with Gasteiger partial charge in [-0.15, -0.1) is 0 Å². The number of Topliss-reactive ketones (excluding diaryl/α,β-unsaturated/α-hetero) is 3. The zero-order chi connectivity index (χ0) is 27.8. The van der Waals surface area contributed by atoms with Crippen molar-refractivity contribution < 1.29 is 19.5 Å². The van der Waals surface area contributed by atoms with E-state index in [2.05, 4.69) is 6.08 Å². The summed E-state index contributed by atoms with van der Waals surface area (Å²) in [5, 5.41) is 11.4. The van der Waals surface area contributed by atoms with Crippen LogP contribution in [0.2, 0.25) is 0 Å². The van der Waals surface area contributed by atoms with Crippen LogP contribution >= 0.6 is 0 Å². The molecule has 2 fully saturated rings. The average Bonchev–Trinajstić information content (AvgIpc) is 2.82. The number of allylic oxidation sites excluding steroid dienone is 7. The molecular formula is C33H42O4. The van der Waals surface area contributed by atoms with Gasteiger partial charge in [0.15, 0.2) is 17.3 Å². The third kappa shape index (κ3) is 4.71. The first kappa shape index (κ1) is 28.6. The summed E-state index contributed by atoms with van der Waals surface area (Å²) in [6.45, 7) is 15.9. The highest BCUT2D eigenvalue weighted by atomic mass is 16.3. The SMILES string of the molecule is CC(C)=CC[C@@H]1C[C@@]2(CC=C(C)C)C(=O)/C(=C(/O)c3ccccc3)C(=O)[C@](CC=C(C)C)(C2=O)C1(C)C. The number of carbonyl (C=O) groups excluding carboxylic acids is 3. The molecule has 4 heteroatoms. The molecule has 1 N–H and O–H groups in total. The molecule has 2 saturated carbocycles. The normalized spacial score (nSPS) is 27.9. The van der Waals surface area contributed by atoms with Gasteiger partial charge in [-0.2, -0.15) is 0 Å². The number of aliphatic hydroxyl groups excluding tert-OH is 1. The van der Waals surface area contributed by atoms with Gasteiger partial charge in [0.2, 0.25) is 0 Å². The van der Waals surface area contributed by atoms with E-state index in [1.165, 1.54) is 0 Å². The van der Waals surface area contributed by atoms with Crippen molar-refractivity contribution in [2.24, 2.45) is 22.2 Å². The van der Waals surface area contributed by atoms with Crippen molar-refractivity contribution in [3.8, 4) is 0 Å². The molecule has 0 unspecified atom stereocenters. The first-order valence-electron chi connectivity index (χ1n) is 13.3. The fourth-order valence-electron chi connectivity index (χ4n) is 6.13. The molecule has 1 aromatic rings. The highest BCUT2D eigenvalue weighted by Gasteiger charge is 2.73. The fourth-order valence-corrected chi connectivity index (χ4v) is 6.13. The number of rotatable bonds is 7. The third-order valence-electron chi connectivity index (χ3n) is 8.58. The molecule has 3 atom stereocenters. The zero-order valence-corrected chi connectivity index (χ0v) is 23.7. The first-order chi connectivity index (χ1) is 17.2. The van der Waals surface area contributed by atoms with Crippen LogP contribution in [-0.4, -0.2) is 22.5 Å². The first-order valence-corrected chi connectivity index (χ1v) is 13.3. The Morgan fingerprint density at radius 3 is 1.92 bits per heavy atom. The maximum atomic E-state index is 14.7. The number of ketones is 3. The van der Waals surface area contributed by atoms with Gasteiger partial charge in [-0.25, -0.2) is 0 Å². The molecule has 0 heterocycles. The second kappa shape index (κ2) is 10.4. The van der Waals surface area contributed by atoms with Gasteiger partial charge in [-0.1, -0.05) is 79.1 Å². The predicted octanol–water partition coefficient (Wildman–Crippen LogP) is 7.76. The summed E-state index contributed by atoms with van der Waals surface area (Å²) in [4.78, 5) is 43.6. The van der Waals surface area contributed by atoms with E-state index in [-0.39, 0.29) is 35.9 Å². The summed E-state index contributed by atoms with van der Waals surface area (Å²) in [6, 6.07) is 8.70. The Bertz CT molecular complexity index is 1210. The van der Waals surface area contributed by atoms with E-state index in [1.807, 2.05) is 73.6 Å². The molecule has 0 radical (unpaired) electrons. The van der Waals surface area contributed by atoms with E-state index in [0.29, 0.717) is 18.4 Å². The van der Waals surface area contributed by atoms with E-state index in [4.69, 9.17) is 0 Å². The van der Waals surface area contributed by atoms with E-state index >= 15 is 0 Å². The van der Waals surface area contributed by atoms with Crippen LogP contribution < -0.4 is 0 Å². The summed E-state index contributed by atoms with van der Waals surface area (Å²) < 4.78 is 0. The smallest absolute Gasteiger partial charge is 0.184 e. The lowest BCUT2D eigenvalue weighted by Gasteiger charge is -2.60. The summed E-state index contributed by atoms with van der Waals surface area (Å²) in [5.41, 5.74) is -0.236. The molecule has 0 saturated heterocycles. The fraction of sp³-hybridized carbons (Fsp3) is 0.485. The van der Waals surface area contributed by atoms with Crippen molar-refractivity contribution >= 4 is 23.1 Å². The molecule has 0 spiro atoms. The summed E-state index contributed by atoms with van der Waals surface area (Å²) in [5.74, 6) is -1.75. The van der Waals surface area contributed by atoms with Crippen LogP contribution in [-0.2, 0) is 14.4 Å². The quantitative estimate of drug-likeness (QED) is 0.136. The highest BCUT2D eigenvalue weighted by Crippen LogP contribution is 2.65. The number of hydrogen-bond acceptors (Lipinski definition) is 4. The number of carbonyl (C=O) groups is 3. The van der Waals surface area contributed by atoms with Crippen LogP contribution in [0.3, 0.4) is 0 Å². The Labute approximate surface area is 222 Å². The Hall–Kier alpha value is -3.01. The van der Waals surface area contributed by atoms with Gasteiger partial charge < -0.3 is 5.11 Å². The monoisotopic (exact) mass is 502 g/mol. The lowest BCUT2D eigenvalue weighted by atomic mass is 9.38. The minimum Gasteiger partial charge on any atom is -0.506 e. The van der Waals surface area contributed by atoms with Crippen molar-refractivity contribution in [1.29, 1.82) is 0 Å². The minimum absolute atomic E-state index is 0.0652. The maximum Gasteiger partial charge on any atom is 0.184 e. The van der Waals surface area contributed by atoms with Crippen molar-refractivity contribution in [2.75, 3.05) is 0 Å². The van der Waals surface area contributed by atoms with Gasteiger partial charge in [-0.05, 0) is 78.6 Å². The van der Waals surface area contributed by atoms with Crippen LogP contribution in [0.15, 0.2) is 70.9 Å². The van der Waals surface area contributed by atoms with Crippen LogP contribution in [0.4, 0.5) is 0 Å². The van der Waals surface area contributed by atoms with Gasteiger partial charge in [0.1, 0.15) is 16.7 Å². The van der Waals surface area contributed by atoms with Crippen LogP contribution in [0.25, 0.3) is 5.76 Å². The van der Waals surface area contributed by atoms with E-state index < -0.39 is 27.8 Å². The standard InChI is InChI=1S/C33H42O4/c1-21(2)14-15-25-20-32(18-16-22(3)4)28(35)26(27(34)24-12-10-9-11-13-24)29(36)33(30(32)37,31(25,7)8)19-17-23(5)6/h9-14,16-17,25,34H,15,18-20H2,1-8H3/b27-26-/t25-,32+,33-/m1/s1. The lowest BCUT2D eigenvalue weighted by Crippen LogP contribution is -2.69. The van der Waals surface area contributed by atoms with Gasteiger partial charge in [0.05, 0.1) is 5.41 Å². The predicted molar refractivity (Wildman–Crippen MR) is 150 cm³/mol. The van der Waals surface area contributed by atoms with E-state index in [0.717, 1.165) is 16.7 Å². The Morgan fingerprint density at radius 1 is 0.838 bits per heavy atom. The summed E-state index contributed by atoms with van der Waals surface area (Å²) in [7, 11) is 0. The molecule has 2 bridgehead atoms. The second-order valence-electron chi connectivity index (χ2n) is 12.2. The van der Waals surface area contributed by atoms with Crippen molar-refractivity contribution in [3.63, 3.8) is 0 Å². The van der Waals surface area contributed by atoms with Crippen LogP contribution in [0.1, 0.15) is 86.6 Å². The number of benzene rings is 1. The van der Waals surface area contributed by atoms with Gasteiger partial charge in [0.25, 0.3) is 0 Å². The Kier molecular flexibility index (Phi) is 8.02. The Morgan fingerprint density at radius 2 is 1.38 bits per heavy atom.